The van der Waals surface area contributed by atoms with Crippen molar-refractivity contribution >= 4 is 35.8 Å². The summed E-state index contributed by atoms with van der Waals surface area (Å²) in [6.07, 6.45) is 3.93. The van der Waals surface area contributed by atoms with Crippen molar-refractivity contribution < 1.29 is 18.7 Å². The van der Waals surface area contributed by atoms with E-state index in [2.05, 4.69) is 20.5 Å². The number of hydrogen-bond acceptors (Lipinski definition) is 5. The molecule has 26 heavy (non-hydrogen) atoms. The molecule has 2 aliphatic rings. The quantitative estimate of drug-likeness (QED) is 0.285. The van der Waals surface area contributed by atoms with Gasteiger partial charge in [0.25, 0.3) is 5.91 Å². The molecule has 0 aliphatic carbocycles. The lowest BCUT2D eigenvalue weighted by Gasteiger charge is -2.37. The summed E-state index contributed by atoms with van der Waals surface area (Å²) in [6.45, 7) is 4.12. The summed E-state index contributed by atoms with van der Waals surface area (Å²) in [7, 11) is 1.76. The van der Waals surface area contributed by atoms with Crippen LogP contribution in [-0.4, -0.2) is 75.4 Å². The molecule has 3 heterocycles. The molecule has 8 nitrogen and oxygen atoms in total. The molecule has 0 radical (unpaired) electrons. The van der Waals surface area contributed by atoms with Crippen molar-refractivity contribution in [2.45, 2.75) is 25.0 Å². The van der Waals surface area contributed by atoms with E-state index >= 15 is 0 Å². The third-order valence-corrected chi connectivity index (χ3v) is 4.42. The normalized spacial score (nSPS) is 23.4. The van der Waals surface area contributed by atoms with E-state index in [1.165, 1.54) is 6.26 Å². The van der Waals surface area contributed by atoms with E-state index in [4.69, 9.17) is 13.9 Å². The zero-order valence-electron chi connectivity index (χ0n) is 15.0. The molecule has 2 fully saturated rings. The molecule has 0 spiro atoms. The summed E-state index contributed by atoms with van der Waals surface area (Å²) in [5, 5.41) is 6.09. The zero-order valence-corrected chi connectivity index (χ0v) is 17.3. The third-order valence-electron chi connectivity index (χ3n) is 4.42. The van der Waals surface area contributed by atoms with Crippen LogP contribution in [0.2, 0.25) is 0 Å². The third kappa shape index (κ3) is 5.58. The van der Waals surface area contributed by atoms with Crippen molar-refractivity contribution in [3.05, 3.63) is 24.2 Å². The summed E-state index contributed by atoms with van der Waals surface area (Å²) in [5.41, 5.74) is 0. The Labute approximate surface area is 170 Å². The maximum atomic E-state index is 11.8. The maximum absolute atomic E-state index is 11.8. The molecule has 2 N–H and O–H groups in total. The number of morpholine rings is 1. The van der Waals surface area contributed by atoms with Gasteiger partial charge in [-0.05, 0) is 25.0 Å². The fraction of sp³-hybridized carbons (Fsp3) is 0.647. The van der Waals surface area contributed by atoms with Gasteiger partial charge in [0, 0.05) is 39.8 Å². The van der Waals surface area contributed by atoms with Crippen LogP contribution in [0.4, 0.5) is 0 Å². The minimum Gasteiger partial charge on any atom is -0.459 e. The Balaban J connectivity index is 0.00000243. The minimum atomic E-state index is -0.216. The van der Waals surface area contributed by atoms with Crippen LogP contribution >= 0.6 is 24.0 Å². The van der Waals surface area contributed by atoms with Gasteiger partial charge in [0.1, 0.15) is 6.10 Å². The largest absolute Gasteiger partial charge is 0.459 e. The first kappa shape index (κ1) is 21.0. The van der Waals surface area contributed by atoms with Crippen molar-refractivity contribution in [3.8, 4) is 0 Å². The zero-order chi connectivity index (χ0) is 17.5. The summed E-state index contributed by atoms with van der Waals surface area (Å²) in [5.74, 6) is 0.919. The lowest BCUT2D eigenvalue weighted by Crippen LogP contribution is -2.54. The smallest absolute Gasteiger partial charge is 0.287 e. The highest BCUT2D eigenvalue weighted by atomic mass is 127. The summed E-state index contributed by atoms with van der Waals surface area (Å²) >= 11 is 0. The number of ether oxygens (including phenoxy) is 2. The van der Waals surface area contributed by atoms with E-state index in [0.29, 0.717) is 25.5 Å². The molecule has 3 rings (SSSR count). The Morgan fingerprint density at radius 3 is 2.77 bits per heavy atom. The van der Waals surface area contributed by atoms with Crippen molar-refractivity contribution in [3.63, 3.8) is 0 Å². The summed E-state index contributed by atoms with van der Waals surface area (Å²) in [4.78, 5) is 18.3. The number of nitrogens with one attached hydrogen (secondary N) is 2. The van der Waals surface area contributed by atoms with Crippen molar-refractivity contribution in [2.75, 3.05) is 46.4 Å². The van der Waals surface area contributed by atoms with Crippen LogP contribution in [0.3, 0.4) is 0 Å². The van der Waals surface area contributed by atoms with Gasteiger partial charge in [-0.3, -0.25) is 9.79 Å². The number of furan rings is 1. The van der Waals surface area contributed by atoms with Gasteiger partial charge >= 0.3 is 0 Å². The van der Waals surface area contributed by atoms with Gasteiger partial charge in [-0.1, -0.05) is 0 Å². The van der Waals surface area contributed by atoms with Gasteiger partial charge < -0.3 is 29.4 Å². The van der Waals surface area contributed by atoms with E-state index in [9.17, 15) is 4.79 Å². The highest BCUT2D eigenvalue weighted by Gasteiger charge is 2.32. The molecule has 2 atom stereocenters. The highest BCUT2D eigenvalue weighted by Crippen LogP contribution is 2.20. The van der Waals surface area contributed by atoms with Crippen LogP contribution in [0.5, 0.6) is 0 Å². The van der Waals surface area contributed by atoms with Crippen LogP contribution in [0.25, 0.3) is 0 Å². The Morgan fingerprint density at radius 1 is 1.27 bits per heavy atom. The van der Waals surface area contributed by atoms with E-state index in [0.717, 1.165) is 38.5 Å². The van der Waals surface area contributed by atoms with Gasteiger partial charge in [-0.25, -0.2) is 0 Å². The molecule has 0 aromatic carbocycles. The second kappa shape index (κ2) is 10.7. The van der Waals surface area contributed by atoms with Crippen molar-refractivity contribution in [2.24, 2.45) is 4.99 Å². The number of rotatable bonds is 5. The average Bonchev–Trinajstić information content (AvgIpc) is 3.35. The number of carbonyl (C=O) groups excluding carboxylic acids is 1. The molecule has 146 valence electrons. The first-order valence-corrected chi connectivity index (χ1v) is 8.78. The average molecular weight is 478 g/mol. The molecule has 0 saturated carbocycles. The lowest BCUT2D eigenvalue weighted by molar-refractivity contribution is -0.0816. The fourth-order valence-corrected chi connectivity index (χ4v) is 3.17. The van der Waals surface area contributed by atoms with Gasteiger partial charge in [-0.2, -0.15) is 0 Å². The van der Waals surface area contributed by atoms with Gasteiger partial charge in [0.15, 0.2) is 11.7 Å². The summed E-state index contributed by atoms with van der Waals surface area (Å²) in [6, 6.07) is 3.33. The molecule has 2 unspecified atom stereocenters. The minimum absolute atomic E-state index is 0. The van der Waals surface area contributed by atoms with E-state index in [-0.39, 0.29) is 42.1 Å². The van der Waals surface area contributed by atoms with Crippen LogP contribution in [0, 0.1) is 0 Å². The van der Waals surface area contributed by atoms with Crippen molar-refractivity contribution in [1.29, 1.82) is 0 Å². The number of carbonyl (C=O) groups is 1. The predicted molar refractivity (Wildman–Crippen MR) is 108 cm³/mol. The molecule has 1 aromatic heterocycles. The second-order valence-corrected chi connectivity index (χ2v) is 6.11. The standard InChI is InChI=1S/C17H26N4O4.HI/c1-18-17(20-7-6-19-16(22)14-5-3-10-24-14)21-8-11-25-15(12-21)13-4-2-9-23-13;/h3,5,10,13,15H,2,4,6-9,11-12H2,1H3,(H,18,20)(H,19,22);1H. The Bertz CT molecular complexity index is 575. The Morgan fingerprint density at radius 2 is 2.08 bits per heavy atom. The molecule has 9 heteroatoms. The maximum Gasteiger partial charge on any atom is 0.287 e. The van der Waals surface area contributed by atoms with Crippen LogP contribution < -0.4 is 10.6 Å². The van der Waals surface area contributed by atoms with Crippen LogP contribution in [0.1, 0.15) is 23.4 Å². The Kier molecular flexibility index (Phi) is 8.66. The molecule has 1 amide bonds. The SMILES string of the molecule is CN=C(NCCNC(=O)c1ccco1)N1CCOC(C2CCCO2)C1.I. The molecular formula is C17H27IN4O4. The molecule has 1 aromatic rings. The van der Waals surface area contributed by atoms with Crippen LogP contribution in [0.15, 0.2) is 27.8 Å². The van der Waals surface area contributed by atoms with Gasteiger partial charge in [0.2, 0.25) is 0 Å². The van der Waals surface area contributed by atoms with Crippen LogP contribution in [-0.2, 0) is 9.47 Å². The van der Waals surface area contributed by atoms with Gasteiger partial charge in [-0.15, -0.1) is 24.0 Å². The molecule has 2 saturated heterocycles. The first-order valence-electron chi connectivity index (χ1n) is 8.78. The summed E-state index contributed by atoms with van der Waals surface area (Å²) < 4.78 is 16.7. The topological polar surface area (TPSA) is 88.3 Å². The van der Waals surface area contributed by atoms with Gasteiger partial charge in [0.05, 0.1) is 19.0 Å². The monoisotopic (exact) mass is 478 g/mol. The number of amides is 1. The molecular weight excluding hydrogens is 451 g/mol. The van der Waals surface area contributed by atoms with E-state index in [1.54, 1.807) is 19.2 Å². The first-order chi connectivity index (χ1) is 12.3. The predicted octanol–water partition coefficient (Wildman–Crippen LogP) is 1.08. The van der Waals surface area contributed by atoms with E-state index < -0.39 is 0 Å². The number of hydrogen-bond donors (Lipinski definition) is 2. The van der Waals surface area contributed by atoms with Crippen molar-refractivity contribution in [1.82, 2.24) is 15.5 Å². The number of aliphatic imine (C=N–C) groups is 1. The lowest BCUT2D eigenvalue weighted by atomic mass is 10.1. The molecule has 2 aliphatic heterocycles. The number of halogens is 1. The number of nitrogens with zero attached hydrogens (tertiary/aromatic N) is 2. The van der Waals surface area contributed by atoms with E-state index in [1.807, 2.05) is 0 Å². The fourth-order valence-electron chi connectivity index (χ4n) is 3.17. The molecule has 0 bridgehead atoms. The second-order valence-electron chi connectivity index (χ2n) is 6.11. The number of guanidine groups is 1. The highest BCUT2D eigenvalue weighted by molar-refractivity contribution is 14.0. The Hall–Kier alpha value is -1.33.